The maximum Gasteiger partial charge on any atom is 0.327 e. The molecule has 1 saturated carbocycles. The molecule has 0 N–H and O–H groups in total. The molecule has 0 heterocycles. The fourth-order valence-electron chi connectivity index (χ4n) is 2.82. The van der Waals surface area contributed by atoms with Gasteiger partial charge in [0.2, 0.25) is 0 Å². The van der Waals surface area contributed by atoms with Crippen LogP contribution in [0.2, 0.25) is 5.04 Å². The summed E-state index contributed by atoms with van der Waals surface area (Å²) in [6, 6.07) is 0. The Labute approximate surface area is 103 Å². The van der Waals surface area contributed by atoms with Gasteiger partial charge in [0.15, 0.2) is 0 Å². The summed E-state index contributed by atoms with van der Waals surface area (Å²) in [5.41, 5.74) is 0. The number of rotatable bonds is 6. The van der Waals surface area contributed by atoms with Crippen molar-refractivity contribution in [1.29, 1.82) is 0 Å². The summed E-state index contributed by atoms with van der Waals surface area (Å²) >= 11 is 0. The zero-order valence-corrected chi connectivity index (χ0v) is 12.6. The average Bonchev–Trinajstić information content (AvgIpc) is 2.30. The van der Waals surface area contributed by atoms with Gasteiger partial charge < -0.3 is 8.85 Å². The van der Waals surface area contributed by atoms with Crippen LogP contribution in [0.5, 0.6) is 0 Å². The first-order valence-corrected chi connectivity index (χ1v) is 8.38. The third-order valence-electron chi connectivity index (χ3n) is 3.90. The quantitative estimate of drug-likeness (QED) is 0.664. The minimum Gasteiger partial charge on any atom is -0.397 e. The van der Waals surface area contributed by atoms with Gasteiger partial charge in [-0.1, -0.05) is 46.0 Å². The van der Waals surface area contributed by atoms with Crippen LogP contribution in [-0.2, 0) is 8.85 Å². The summed E-state index contributed by atoms with van der Waals surface area (Å²) in [7, 11) is -1.52. The summed E-state index contributed by atoms with van der Waals surface area (Å²) in [4.78, 5) is 0. The van der Waals surface area contributed by atoms with Gasteiger partial charge in [0.25, 0.3) is 0 Å². The third-order valence-corrected chi connectivity index (χ3v) is 6.86. The van der Waals surface area contributed by atoms with Crippen LogP contribution in [0, 0.1) is 5.92 Å². The second-order valence-corrected chi connectivity index (χ2v) is 8.22. The normalized spacial score (nSPS) is 19.3. The van der Waals surface area contributed by atoms with E-state index in [1.807, 2.05) is 0 Å². The SMILES string of the molecule is CCO[SiH](OCC)C(C)(C)C1CCCCC1. The maximum absolute atomic E-state index is 5.92. The van der Waals surface area contributed by atoms with Crippen molar-refractivity contribution >= 4 is 9.28 Å². The van der Waals surface area contributed by atoms with Crippen LogP contribution in [0.4, 0.5) is 0 Å². The standard InChI is InChI=1S/C13H28O2Si/c1-5-14-16(15-6-2)13(3,4)12-10-8-7-9-11-12/h12,16H,5-11H2,1-4H3. The van der Waals surface area contributed by atoms with E-state index in [9.17, 15) is 0 Å². The first-order valence-electron chi connectivity index (χ1n) is 6.86. The van der Waals surface area contributed by atoms with Gasteiger partial charge in [-0.25, -0.2) is 0 Å². The number of hydrogen-bond donors (Lipinski definition) is 0. The van der Waals surface area contributed by atoms with Crippen molar-refractivity contribution in [2.45, 2.75) is 64.8 Å². The molecule has 0 aromatic heterocycles. The van der Waals surface area contributed by atoms with Crippen molar-refractivity contribution in [3.63, 3.8) is 0 Å². The van der Waals surface area contributed by atoms with E-state index in [0.29, 0.717) is 0 Å². The van der Waals surface area contributed by atoms with Gasteiger partial charge >= 0.3 is 9.28 Å². The molecule has 1 rings (SSSR count). The monoisotopic (exact) mass is 244 g/mol. The lowest BCUT2D eigenvalue weighted by Crippen LogP contribution is -2.40. The maximum atomic E-state index is 5.92. The molecule has 1 fully saturated rings. The average molecular weight is 244 g/mol. The molecule has 0 amide bonds. The molecule has 1 aliphatic rings. The molecule has 0 atom stereocenters. The molecular formula is C13H28O2Si. The van der Waals surface area contributed by atoms with Crippen molar-refractivity contribution in [3.8, 4) is 0 Å². The van der Waals surface area contributed by atoms with E-state index in [1.165, 1.54) is 32.1 Å². The molecule has 0 bridgehead atoms. The van der Waals surface area contributed by atoms with Gasteiger partial charge in [0.05, 0.1) is 0 Å². The molecule has 0 radical (unpaired) electrons. The van der Waals surface area contributed by atoms with E-state index in [1.54, 1.807) is 0 Å². The number of hydrogen-bond acceptors (Lipinski definition) is 2. The minimum atomic E-state index is -1.52. The van der Waals surface area contributed by atoms with E-state index >= 15 is 0 Å². The van der Waals surface area contributed by atoms with Crippen LogP contribution >= 0.6 is 0 Å². The van der Waals surface area contributed by atoms with E-state index < -0.39 is 9.28 Å². The molecular weight excluding hydrogens is 216 g/mol. The van der Waals surface area contributed by atoms with Gasteiger partial charge in [0.1, 0.15) is 0 Å². The predicted molar refractivity (Wildman–Crippen MR) is 71.0 cm³/mol. The van der Waals surface area contributed by atoms with E-state index in [-0.39, 0.29) is 5.04 Å². The van der Waals surface area contributed by atoms with Gasteiger partial charge in [-0.2, -0.15) is 0 Å². The van der Waals surface area contributed by atoms with Crippen molar-refractivity contribution in [3.05, 3.63) is 0 Å². The minimum absolute atomic E-state index is 0.284. The first-order chi connectivity index (χ1) is 7.62. The lowest BCUT2D eigenvalue weighted by molar-refractivity contribution is 0.158. The molecule has 3 heteroatoms. The van der Waals surface area contributed by atoms with Crippen molar-refractivity contribution in [1.82, 2.24) is 0 Å². The highest BCUT2D eigenvalue weighted by atomic mass is 28.3. The van der Waals surface area contributed by atoms with Crippen LogP contribution in [-0.4, -0.2) is 22.5 Å². The zero-order chi connectivity index (χ0) is 12.0. The summed E-state index contributed by atoms with van der Waals surface area (Å²) < 4.78 is 11.8. The highest BCUT2D eigenvalue weighted by molar-refractivity contribution is 6.48. The Hall–Kier alpha value is 0.137. The van der Waals surface area contributed by atoms with Crippen LogP contribution < -0.4 is 0 Å². The zero-order valence-electron chi connectivity index (χ0n) is 11.4. The summed E-state index contributed by atoms with van der Waals surface area (Å²) in [6.07, 6.45) is 6.95. The first kappa shape index (κ1) is 14.2. The van der Waals surface area contributed by atoms with E-state index in [4.69, 9.17) is 8.85 Å². The lowest BCUT2D eigenvalue weighted by atomic mass is 9.81. The van der Waals surface area contributed by atoms with Gasteiger partial charge in [-0.15, -0.1) is 0 Å². The topological polar surface area (TPSA) is 18.5 Å². The van der Waals surface area contributed by atoms with Crippen LogP contribution in [0.15, 0.2) is 0 Å². The molecule has 0 unspecified atom stereocenters. The molecule has 0 aliphatic heterocycles. The summed E-state index contributed by atoms with van der Waals surface area (Å²) in [5.74, 6) is 0.816. The van der Waals surface area contributed by atoms with Gasteiger partial charge in [0, 0.05) is 18.3 Å². The molecule has 0 spiro atoms. The van der Waals surface area contributed by atoms with Crippen molar-refractivity contribution < 1.29 is 8.85 Å². The van der Waals surface area contributed by atoms with Crippen LogP contribution in [0.3, 0.4) is 0 Å². The van der Waals surface area contributed by atoms with Gasteiger partial charge in [-0.05, 0) is 19.8 Å². The molecule has 0 aromatic rings. The smallest absolute Gasteiger partial charge is 0.327 e. The Kier molecular flexibility index (Phi) is 6.01. The summed E-state index contributed by atoms with van der Waals surface area (Å²) in [6.45, 7) is 10.5. The third kappa shape index (κ3) is 3.57. The molecule has 16 heavy (non-hydrogen) atoms. The Bertz CT molecular complexity index is 182. The van der Waals surface area contributed by atoms with Gasteiger partial charge in [-0.3, -0.25) is 0 Å². The van der Waals surface area contributed by atoms with Crippen LogP contribution in [0.25, 0.3) is 0 Å². The molecule has 0 saturated heterocycles. The fourth-order valence-corrected chi connectivity index (χ4v) is 5.10. The van der Waals surface area contributed by atoms with Crippen LogP contribution in [0.1, 0.15) is 59.8 Å². The Morgan fingerprint density at radius 1 is 1.00 bits per heavy atom. The van der Waals surface area contributed by atoms with Crippen molar-refractivity contribution in [2.75, 3.05) is 13.2 Å². The Balaban J connectivity index is 2.61. The predicted octanol–water partition coefficient (Wildman–Crippen LogP) is 3.64. The van der Waals surface area contributed by atoms with Crippen molar-refractivity contribution in [2.24, 2.45) is 5.92 Å². The molecule has 0 aromatic carbocycles. The fraction of sp³-hybridized carbons (Fsp3) is 1.00. The second kappa shape index (κ2) is 6.77. The van der Waals surface area contributed by atoms with E-state index in [0.717, 1.165) is 19.1 Å². The lowest BCUT2D eigenvalue weighted by Gasteiger charge is -2.40. The molecule has 1 aliphatic carbocycles. The highest BCUT2D eigenvalue weighted by Gasteiger charge is 2.41. The Morgan fingerprint density at radius 3 is 1.94 bits per heavy atom. The largest absolute Gasteiger partial charge is 0.397 e. The Morgan fingerprint density at radius 2 is 1.50 bits per heavy atom. The highest BCUT2D eigenvalue weighted by Crippen LogP contribution is 2.46. The molecule has 96 valence electrons. The van der Waals surface area contributed by atoms with E-state index in [2.05, 4.69) is 27.7 Å². The summed E-state index contributed by atoms with van der Waals surface area (Å²) in [5, 5.41) is 0.284. The molecule has 2 nitrogen and oxygen atoms in total. The second-order valence-electron chi connectivity index (χ2n) is 5.40.